The van der Waals surface area contributed by atoms with E-state index >= 15 is 0 Å². The number of para-hydroxylation sites is 1. The number of phenols is 2. The van der Waals surface area contributed by atoms with E-state index in [1.165, 1.54) is 6.07 Å². The fourth-order valence-electron chi connectivity index (χ4n) is 2.32. The number of Topliss-reactive ketones (excluding diaryl/α,β-unsaturated/α-hetero) is 1. The van der Waals surface area contributed by atoms with Gasteiger partial charge in [0.1, 0.15) is 0 Å². The predicted molar refractivity (Wildman–Crippen MR) is 72.2 cm³/mol. The quantitative estimate of drug-likeness (QED) is 0.606. The summed E-state index contributed by atoms with van der Waals surface area (Å²) >= 11 is 0. The Labute approximate surface area is 110 Å². The monoisotopic (exact) mass is 252 g/mol. The summed E-state index contributed by atoms with van der Waals surface area (Å²) in [6, 6.07) is 12.2. The smallest absolute Gasteiger partial charge is 0.189 e. The average molecular weight is 252 g/mol. The Bertz CT molecular complexity index is 699. The number of rotatable bonds is 1. The molecule has 0 unspecified atom stereocenters. The molecular weight excluding hydrogens is 240 g/mol. The van der Waals surface area contributed by atoms with E-state index in [9.17, 15) is 15.0 Å². The maximum Gasteiger partial charge on any atom is 0.189 e. The standard InChI is InChI=1S/C16H12O3/c17-14-7-3-5-11(16(14)19)9-12-8-10-4-1-2-6-13(10)15(12)18/h1-7,9,17,19H,8H2/b12-9+. The van der Waals surface area contributed by atoms with Crippen LogP contribution in [0.2, 0.25) is 0 Å². The lowest BCUT2D eigenvalue weighted by Crippen LogP contribution is -1.95. The van der Waals surface area contributed by atoms with Gasteiger partial charge in [-0.25, -0.2) is 0 Å². The Kier molecular flexibility index (Phi) is 2.60. The van der Waals surface area contributed by atoms with Gasteiger partial charge in [0.25, 0.3) is 0 Å². The van der Waals surface area contributed by atoms with Gasteiger partial charge in [-0.3, -0.25) is 4.79 Å². The molecule has 0 aromatic heterocycles. The Morgan fingerprint density at radius 3 is 2.58 bits per heavy atom. The highest BCUT2D eigenvalue weighted by Crippen LogP contribution is 2.33. The van der Waals surface area contributed by atoms with Crippen LogP contribution >= 0.6 is 0 Å². The summed E-state index contributed by atoms with van der Waals surface area (Å²) in [6.45, 7) is 0. The molecular formula is C16H12O3. The van der Waals surface area contributed by atoms with Gasteiger partial charge >= 0.3 is 0 Å². The Morgan fingerprint density at radius 1 is 1.00 bits per heavy atom. The molecule has 0 aliphatic heterocycles. The third kappa shape index (κ3) is 1.89. The Hall–Kier alpha value is -2.55. The molecule has 19 heavy (non-hydrogen) atoms. The van der Waals surface area contributed by atoms with E-state index < -0.39 is 0 Å². The molecule has 0 amide bonds. The van der Waals surface area contributed by atoms with Crippen molar-refractivity contribution in [1.82, 2.24) is 0 Å². The van der Waals surface area contributed by atoms with Gasteiger partial charge in [-0.1, -0.05) is 36.4 Å². The third-order valence-electron chi connectivity index (χ3n) is 3.31. The maximum atomic E-state index is 12.2. The molecule has 0 spiro atoms. The summed E-state index contributed by atoms with van der Waals surface area (Å²) < 4.78 is 0. The zero-order valence-electron chi connectivity index (χ0n) is 10.1. The summed E-state index contributed by atoms with van der Waals surface area (Å²) in [4.78, 5) is 12.2. The van der Waals surface area contributed by atoms with Crippen molar-refractivity contribution >= 4 is 11.9 Å². The molecule has 2 aromatic carbocycles. The highest BCUT2D eigenvalue weighted by atomic mass is 16.3. The minimum atomic E-state index is -0.196. The topological polar surface area (TPSA) is 57.5 Å². The first-order valence-electron chi connectivity index (χ1n) is 6.01. The van der Waals surface area contributed by atoms with Gasteiger partial charge in [-0.15, -0.1) is 0 Å². The van der Waals surface area contributed by atoms with Gasteiger partial charge in [0.15, 0.2) is 17.3 Å². The number of benzene rings is 2. The Balaban J connectivity index is 2.04. The van der Waals surface area contributed by atoms with Gasteiger partial charge in [0.05, 0.1) is 0 Å². The van der Waals surface area contributed by atoms with Crippen LogP contribution in [0.3, 0.4) is 0 Å². The number of phenolic OH excluding ortho intramolecular Hbond substituents is 2. The van der Waals surface area contributed by atoms with Crippen LogP contribution in [0.25, 0.3) is 6.08 Å². The lowest BCUT2D eigenvalue weighted by Gasteiger charge is -2.02. The largest absolute Gasteiger partial charge is 0.504 e. The van der Waals surface area contributed by atoms with Crippen LogP contribution in [-0.2, 0) is 6.42 Å². The number of fused-ring (bicyclic) bond motifs is 1. The number of ketones is 1. The highest BCUT2D eigenvalue weighted by molar-refractivity contribution is 6.15. The second kappa shape index (κ2) is 4.28. The van der Waals surface area contributed by atoms with Gasteiger partial charge in [-0.05, 0) is 17.7 Å². The molecule has 0 atom stereocenters. The lowest BCUT2D eigenvalue weighted by molar-refractivity contribution is 0.104. The van der Waals surface area contributed by atoms with Gasteiger partial charge in [0.2, 0.25) is 0 Å². The average Bonchev–Trinajstić information content (AvgIpc) is 2.73. The van der Waals surface area contributed by atoms with Gasteiger partial charge < -0.3 is 10.2 Å². The van der Waals surface area contributed by atoms with Crippen LogP contribution in [0.15, 0.2) is 48.0 Å². The maximum absolute atomic E-state index is 12.2. The number of aromatic hydroxyl groups is 2. The molecule has 1 aliphatic rings. The van der Waals surface area contributed by atoms with E-state index in [-0.39, 0.29) is 17.3 Å². The summed E-state index contributed by atoms with van der Waals surface area (Å²) in [5.41, 5.74) is 2.80. The minimum absolute atomic E-state index is 0.0154. The van der Waals surface area contributed by atoms with Crippen LogP contribution in [-0.4, -0.2) is 16.0 Å². The van der Waals surface area contributed by atoms with Crippen molar-refractivity contribution in [2.45, 2.75) is 6.42 Å². The molecule has 0 saturated carbocycles. The van der Waals surface area contributed by atoms with E-state index in [2.05, 4.69) is 0 Å². The fraction of sp³-hybridized carbons (Fsp3) is 0.0625. The van der Waals surface area contributed by atoms with E-state index in [4.69, 9.17) is 0 Å². The van der Waals surface area contributed by atoms with Crippen LogP contribution in [0.4, 0.5) is 0 Å². The molecule has 0 fully saturated rings. The van der Waals surface area contributed by atoms with Crippen LogP contribution < -0.4 is 0 Å². The summed E-state index contributed by atoms with van der Waals surface area (Å²) in [7, 11) is 0. The van der Waals surface area contributed by atoms with Crippen LogP contribution in [0.1, 0.15) is 21.5 Å². The number of carbonyl (C=O) groups is 1. The number of hydrogen-bond donors (Lipinski definition) is 2. The lowest BCUT2D eigenvalue weighted by atomic mass is 10.1. The summed E-state index contributed by atoms with van der Waals surface area (Å²) in [5.74, 6) is -0.394. The second-order valence-corrected chi connectivity index (χ2v) is 4.55. The summed E-state index contributed by atoms with van der Waals surface area (Å²) in [5, 5.41) is 19.2. The minimum Gasteiger partial charge on any atom is -0.504 e. The molecule has 94 valence electrons. The first kappa shape index (κ1) is 11.5. The normalized spacial score (nSPS) is 15.8. The molecule has 0 radical (unpaired) electrons. The molecule has 0 saturated heterocycles. The molecule has 1 aliphatic carbocycles. The highest BCUT2D eigenvalue weighted by Gasteiger charge is 2.24. The molecule has 0 bridgehead atoms. The van der Waals surface area contributed by atoms with E-state index in [1.807, 2.05) is 18.2 Å². The van der Waals surface area contributed by atoms with Crippen molar-refractivity contribution < 1.29 is 15.0 Å². The van der Waals surface area contributed by atoms with Crippen molar-refractivity contribution in [3.8, 4) is 11.5 Å². The van der Waals surface area contributed by atoms with Crippen molar-refractivity contribution in [3.63, 3.8) is 0 Å². The number of carbonyl (C=O) groups excluding carboxylic acids is 1. The number of allylic oxidation sites excluding steroid dienone is 1. The summed E-state index contributed by atoms with van der Waals surface area (Å²) in [6.07, 6.45) is 2.20. The van der Waals surface area contributed by atoms with E-state index in [0.29, 0.717) is 23.1 Å². The first-order chi connectivity index (χ1) is 9.16. The molecule has 0 heterocycles. The van der Waals surface area contributed by atoms with Crippen molar-refractivity contribution in [1.29, 1.82) is 0 Å². The van der Waals surface area contributed by atoms with Gasteiger partial charge in [0, 0.05) is 23.1 Å². The van der Waals surface area contributed by atoms with Crippen molar-refractivity contribution in [2.24, 2.45) is 0 Å². The zero-order chi connectivity index (χ0) is 13.4. The van der Waals surface area contributed by atoms with Crippen LogP contribution in [0.5, 0.6) is 11.5 Å². The fourth-order valence-corrected chi connectivity index (χ4v) is 2.32. The third-order valence-corrected chi connectivity index (χ3v) is 3.31. The molecule has 2 N–H and O–H groups in total. The van der Waals surface area contributed by atoms with Crippen molar-refractivity contribution in [2.75, 3.05) is 0 Å². The van der Waals surface area contributed by atoms with E-state index in [1.54, 1.807) is 24.3 Å². The first-order valence-corrected chi connectivity index (χ1v) is 6.01. The second-order valence-electron chi connectivity index (χ2n) is 4.55. The van der Waals surface area contributed by atoms with Gasteiger partial charge in [-0.2, -0.15) is 0 Å². The zero-order valence-corrected chi connectivity index (χ0v) is 10.1. The molecule has 3 heteroatoms. The predicted octanol–water partition coefficient (Wildman–Crippen LogP) is 2.92. The SMILES string of the molecule is O=C1/C(=C/c2cccc(O)c2O)Cc2ccccc21. The van der Waals surface area contributed by atoms with Crippen molar-refractivity contribution in [3.05, 3.63) is 64.7 Å². The molecule has 3 rings (SSSR count). The molecule has 3 nitrogen and oxygen atoms in total. The number of hydrogen-bond acceptors (Lipinski definition) is 3. The van der Waals surface area contributed by atoms with Crippen LogP contribution in [0, 0.1) is 0 Å². The molecule has 2 aromatic rings. The van der Waals surface area contributed by atoms with E-state index in [0.717, 1.165) is 5.56 Å². The Morgan fingerprint density at radius 2 is 1.79 bits per heavy atom.